The molecule has 0 fully saturated rings. The number of nitrogens with zero attached hydrogens (tertiary/aromatic N) is 3. The lowest BCUT2D eigenvalue weighted by atomic mass is 9.73. The summed E-state index contributed by atoms with van der Waals surface area (Å²) in [5, 5.41) is 8.24. The van der Waals surface area contributed by atoms with Crippen LogP contribution in [0.2, 0.25) is 0 Å². The SMILES string of the molecule is COc1ccc(C2C3=C(CC(C)(C)CC3=O)Nc3nc(-c4ccccc4)nn32)cc1OC. The quantitative estimate of drug-likeness (QED) is 0.651. The Hall–Kier alpha value is -3.61. The first-order chi connectivity index (χ1) is 15.4. The number of anilines is 1. The Morgan fingerprint density at radius 2 is 1.78 bits per heavy atom. The zero-order valence-corrected chi connectivity index (χ0v) is 18.7. The van der Waals surface area contributed by atoms with Gasteiger partial charge in [-0.1, -0.05) is 50.2 Å². The highest BCUT2D eigenvalue weighted by Gasteiger charge is 2.42. The maximum absolute atomic E-state index is 13.4. The molecule has 1 atom stereocenters. The van der Waals surface area contributed by atoms with Gasteiger partial charge in [-0.2, -0.15) is 4.98 Å². The van der Waals surface area contributed by atoms with E-state index in [1.165, 1.54) is 0 Å². The fourth-order valence-corrected chi connectivity index (χ4v) is 4.65. The van der Waals surface area contributed by atoms with Gasteiger partial charge in [-0.05, 0) is 29.5 Å². The van der Waals surface area contributed by atoms with Gasteiger partial charge in [-0.15, -0.1) is 5.10 Å². The number of methoxy groups -OCH3 is 2. The second kappa shape index (κ2) is 7.51. The molecule has 1 aromatic heterocycles. The van der Waals surface area contributed by atoms with E-state index in [1.54, 1.807) is 14.2 Å². The molecule has 0 saturated heterocycles. The minimum absolute atomic E-state index is 0.116. The van der Waals surface area contributed by atoms with Crippen LogP contribution in [0.15, 0.2) is 59.8 Å². The molecule has 1 aliphatic carbocycles. The van der Waals surface area contributed by atoms with E-state index >= 15 is 0 Å². The predicted molar refractivity (Wildman–Crippen MR) is 122 cm³/mol. The summed E-state index contributed by atoms with van der Waals surface area (Å²) in [6.07, 6.45) is 1.26. The predicted octanol–water partition coefficient (Wildman–Crippen LogP) is 4.62. The summed E-state index contributed by atoms with van der Waals surface area (Å²) in [4.78, 5) is 18.2. The molecule has 3 aromatic rings. The lowest BCUT2D eigenvalue weighted by Crippen LogP contribution is -2.36. The van der Waals surface area contributed by atoms with Crippen LogP contribution < -0.4 is 14.8 Å². The molecule has 2 heterocycles. The number of hydrogen-bond donors (Lipinski definition) is 1. The van der Waals surface area contributed by atoms with Gasteiger partial charge in [0.15, 0.2) is 23.1 Å². The molecule has 2 aliphatic rings. The van der Waals surface area contributed by atoms with Crippen molar-refractivity contribution in [2.45, 2.75) is 32.7 Å². The topological polar surface area (TPSA) is 78.3 Å². The number of benzene rings is 2. The van der Waals surface area contributed by atoms with E-state index in [1.807, 2.05) is 53.2 Å². The molecule has 1 N–H and O–H groups in total. The molecule has 7 heteroatoms. The molecule has 2 aromatic carbocycles. The van der Waals surface area contributed by atoms with Crippen LogP contribution in [0.1, 0.15) is 38.3 Å². The van der Waals surface area contributed by atoms with Crippen molar-refractivity contribution in [3.05, 3.63) is 65.4 Å². The van der Waals surface area contributed by atoms with E-state index < -0.39 is 6.04 Å². The van der Waals surface area contributed by atoms with Crippen LogP contribution in [-0.4, -0.2) is 34.8 Å². The molecule has 7 nitrogen and oxygen atoms in total. The Bertz CT molecular complexity index is 1230. The van der Waals surface area contributed by atoms with Gasteiger partial charge >= 0.3 is 0 Å². The molecule has 0 bridgehead atoms. The van der Waals surface area contributed by atoms with Crippen molar-refractivity contribution in [1.29, 1.82) is 0 Å². The Labute approximate surface area is 187 Å². The van der Waals surface area contributed by atoms with Crippen molar-refractivity contribution in [3.8, 4) is 22.9 Å². The summed E-state index contributed by atoms with van der Waals surface area (Å²) in [7, 11) is 3.22. The van der Waals surface area contributed by atoms with Gasteiger partial charge in [-0.3, -0.25) is 4.79 Å². The van der Waals surface area contributed by atoms with Crippen molar-refractivity contribution < 1.29 is 14.3 Å². The lowest BCUT2D eigenvalue weighted by Gasteiger charge is -2.38. The van der Waals surface area contributed by atoms with Crippen molar-refractivity contribution in [1.82, 2.24) is 14.8 Å². The third kappa shape index (κ3) is 3.34. The number of allylic oxidation sites excluding steroid dienone is 2. The second-order valence-electron chi connectivity index (χ2n) is 9.04. The molecule has 0 amide bonds. The maximum Gasteiger partial charge on any atom is 0.226 e. The molecule has 0 spiro atoms. The summed E-state index contributed by atoms with van der Waals surface area (Å²) < 4.78 is 12.8. The van der Waals surface area contributed by atoms with E-state index in [0.717, 1.165) is 28.8 Å². The Balaban J connectivity index is 1.69. The lowest BCUT2D eigenvalue weighted by molar-refractivity contribution is -0.118. The van der Waals surface area contributed by atoms with Crippen LogP contribution in [0.25, 0.3) is 11.4 Å². The Kier molecular flexibility index (Phi) is 4.77. The molecule has 164 valence electrons. The summed E-state index contributed by atoms with van der Waals surface area (Å²) in [5.41, 5.74) is 3.37. The minimum atomic E-state index is -0.394. The van der Waals surface area contributed by atoms with Crippen LogP contribution in [0.4, 0.5) is 5.95 Å². The number of hydrogen-bond acceptors (Lipinski definition) is 6. The summed E-state index contributed by atoms with van der Waals surface area (Å²) in [6, 6.07) is 15.2. The molecule has 1 aliphatic heterocycles. The highest BCUT2D eigenvalue weighted by Crippen LogP contribution is 2.46. The van der Waals surface area contributed by atoms with Crippen molar-refractivity contribution in [3.63, 3.8) is 0 Å². The van der Waals surface area contributed by atoms with E-state index in [2.05, 4.69) is 19.2 Å². The molecule has 32 heavy (non-hydrogen) atoms. The van der Waals surface area contributed by atoms with E-state index in [9.17, 15) is 4.79 Å². The van der Waals surface area contributed by atoms with Crippen molar-refractivity contribution >= 4 is 11.7 Å². The van der Waals surface area contributed by atoms with Crippen LogP contribution in [0.3, 0.4) is 0 Å². The monoisotopic (exact) mass is 430 g/mol. The molecular weight excluding hydrogens is 404 g/mol. The van der Waals surface area contributed by atoms with Gasteiger partial charge in [0.05, 0.1) is 14.2 Å². The standard InChI is InChI=1S/C25H26N4O3/c1-25(2)13-17-21(18(30)14-25)22(16-10-11-19(31-3)20(12-16)32-4)29-24(26-17)27-23(28-29)15-8-6-5-7-9-15/h5-12,22H,13-14H2,1-4H3,(H,26,27,28). The maximum atomic E-state index is 13.4. The smallest absolute Gasteiger partial charge is 0.226 e. The van der Waals surface area contributed by atoms with Gasteiger partial charge in [0.2, 0.25) is 5.95 Å². The number of aromatic nitrogens is 3. The van der Waals surface area contributed by atoms with Crippen LogP contribution in [0.5, 0.6) is 11.5 Å². The molecule has 1 unspecified atom stereocenters. The largest absolute Gasteiger partial charge is 0.493 e. The van der Waals surface area contributed by atoms with Crippen LogP contribution >= 0.6 is 0 Å². The molecule has 5 rings (SSSR count). The van der Waals surface area contributed by atoms with Gasteiger partial charge in [0.25, 0.3) is 0 Å². The average Bonchev–Trinajstić information content (AvgIpc) is 3.20. The van der Waals surface area contributed by atoms with Gasteiger partial charge < -0.3 is 14.8 Å². The third-order valence-corrected chi connectivity index (χ3v) is 6.09. The zero-order chi connectivity index (χ0) is 22.5. The van der Waals surface area contributed by atoms with E-state index in [-0.39, 0.29) is 11.2 Å². The van der Waals surface area contributed by atoms with Gasteiger partial charge in [0.1, 0.15) is 6.04 Å². The normalized spacial score (nSPS) is 19.1. The zero-order valence-electron chi connectivity index (χ0n) is 18.7. The number of rotatable bonds is 4. The fourth-order valence-electron chi connectivity index (χ4n) is 4.65. The number of Topliss-reactive ketones (excluding diaryl/α,β-unsaturated/α-hetero) is 1. The first kappa shape index (κ1) is 20.3. The fraction of sp³-hybridized carbons (Fsp3) is 0.320. The van der Waals surface area contributed by atoms with Crippen LogP contribution in [-0.2, 0) is 4.79 Å². The Morgan fingerprint density at radius 1 is 1.03 bits per heavy atom. The van der Waals surface area contributed by atoms with Gasteiger partial charge in [0, 0.05) is 23.3 Å². The first-order valence-electron chi connectivity index (χ1n) is 10.7. The number of nitrogens with one attached hydrogen (secondary N) is 1. The van der Waals surface area contributed by atoms with Crippen molar-refractivity contribution in [2.75, 3.05) is 19.5 Å². The molecule has 0 saturated carbocycles. The van der Waals surface area contributed by atoms with Crippen LogP contribution in [0, 0.1) is 5.41 Å². The van der Waals surface area contributed by atoms with Gasteiger partial charge in [-0.25, -0.2) is 4.68 Å². The Morgan fingerprint density at radius 3 is 2.50 bits per heavy atom. The molecular formula is C25H26N4O3. The summed E-state index contributed by atoms with van der Waals surface area (Å²) >= 11 is 0. The average molecular weight is 431 g/mol. The van der Waals surface area contributed by atoms with Crippen molar-refractivity contribution in [2.24, 2.45) is 5.41 Å². The second-order valence-corrected chi connectivity index (χ2v) is 9.04. The first-order valence-corrected chi connectivity index (χ1v) is 10.7. The number of carbonyl (C=O) groups excluding carboxylic acids is 1. The number of carbonyl (C=O) groups is 1. The highest BCUT2D eigenvalue weighted by atomic mass is 16.5. The van der Waals surface area contributed by atoms with E-state index in [0.29, 0.717) is 29.7 Å². The third-order valence-electron chi connectivity index (χ3n) is 6.09. The number of ether oxygens (including phenoxy) is 2. The van der Waals surface area contributed by atoms with E-state index in [4.69, 9.17) is 19.6 Å². The number of ketones is 1. The number of fused-ring (bicyclic) bond motifs is 1. The summed E-state index contributed by atoms with van der Waals surface area (Å²) in [5.74, 6) is 2.63. The highest BCUT2D eigenvalue weighted by molar-refractivity contribution is 6.00. The summed E-state index contributed by atoms with van der Waals surface area (Å²) in [6.45, 7) is 4.24. The molecule has 0 radical (unpaired) electrons. The minimum Gasteiger partial charge on any atom is -0.493 e.